The third-order valence-electron chi connectivity index (χ3n) is 3.75. The van der Waals surface area contributed by atoms with Crippen LogP contribution in [-0.2, 0) is 4.79 Å². The zero-order chi connectivity index (χ0) is 15.4. The van der Waals surface area contributed by atoms with E-state index < -0.39 is 0 Å². The summed E-state index contributed by atoms with van der Waals surface area (Å²) in [6.07, 6.45) is 1.88. The van der Waals surface area contributed by atoms with Crippen LogP contribution in [-0.4, -0.2) is 43.6 Å². The molecule has 2 rings (SSSR count). The SMILES string of the molecule is COc1cc(Cl)c(C)cc1NC(=O)CN1CCC(N)CC1. The van der Waals surface area contributed by atoms with E-state index in [9.17, 15) is 4.79 Å². The number of carbonyl (C=O) groups excluding carboxylic acids is 1. The number of nitrogens with two attached hydrogens (primary N) is 1. The second-order valence-electron chi connectivity index (χ2n) is 5.46. The highest BCUT2D eigenvalue weighted by atomic mass is 35.5. The molecule has 1 aliphatic heterocycles. The molecule has 0 aliphatic carbocycles. The highest BCUT2D eigenvalue weighted by Crippen LogP contribution is 2.30. The van der Waals surface area contributed by atoms with E-state index in [1.807, 2.05) is 13.0 Å². The van der Waals surface area contributed by atoms with E-state index >= 15 is 0 Å². The lowest BCUT2D eigenvalue weighted by Gasteiger charge is -2.29. The first-order valence-electron chi connectivity index (χ1n) is 7.11. The number of rotatable bonds is 4. The van der Waals surface area contributed by atoms with Crippen molar-refractivity contribution in [2.24, 2.45) is 5.73 Å². The molecule has 1 heterocycles. The van der Waals surface area contributed by atoms with Gasteiger partial charge in [0.25, 0.3) is 0 Å². The lowest BCUT2D eigenvalue weighted by Crippen LogP contribution is -2.43. The van der Waals surface area contributed by atoms with Gasteiger partial charge in [-0.1, -0.05) is 11.6 Å². The molecule has 0 aromatic heterocycles. The summed E-state index contributed by atoms with van der Waals surface area (Å²) in [4.78, 5) is 14.3. The van der Waals surface area contributed by atoms with E-state index in [4.69, 9.17) is 22.1 Å². The zero-order valence-corrected chi connectivity index (χ0v) is 13.2. The van der Waals surface area contributed by atoms with Gasteiger partial charge in [-0.25, -0.2) is 0 Å². The maximum absolute atomic E-state index is 12.2. The van der Waals surface area contributed by atoms with Gasteiger partial charge >= 0.3 is 0 Å². The normalized spacial score (nSPS) is 16.8. The minimum atomic E-state index is -0.0505. The molecule has 1 amide bonds. The Kier molecular flexibility index (Phi) is 5.45. The smallest absolute Gasteiger partial charge is 0.238 e. The molecule has 116 valence electrons. The van der Waals surface area contributed by atoms with Crippen LogP contribution in [0.15, 0.2) is 12.1 Å². The number of nitrogens with one attached hydrogen (secondary N) is 1. The Bertz CT molecular complexity index is 514. The van der Waals surface area contributed by atoms with Gasteiger partial charge in [0.2, 0.25) is 5.91 Å². The van der Waals surface area contributed by atoms with Crippen LogP contribution in [0.5, 0.6) is 5.75 Å². The minimum absolute atomic E-state index is 0.0505. The van der Waals surface area contributed by atoms with Crippen molar-refractivity contribution in [3.63, 3.8) is 0 Å². The van der Waals surface area contributed by atoms with Crippen molar-refractivity contribution in [1.29, 1.82) is 0 Å². The summed E-state index contributed by atoms with van der Waals surface area (Å²) in [6, 6.07) is 3.81. The maximum atomic E-state index is 12.2. The van der Waals surface area contributed by atoms with Crippen LogP contribution in [0.4, 0.5) is 5.69 Å². The highest BCUT2D eigenvalue weighted by Gasteiger charge is 2.19. The molecule has 0 spiro atoms. The Morgan fingerprint density at radius 3 is 2.76 bits per heavy atom. The predicted octanol–water partition coefficient (Wildman–Crippen LogP) is 2.02. The fourth-order valence-electron chi connectivity index (χ4n) is 2.43. The fraction of sp³-hybridized carbons (Fsp3) is 0.533. The van der Waals surface area contributed by atoms with Crippen LogP contribution in [0, 0.1) is 6.92 Å². The summed E-state index contributed by atoms with van der Waals surface area (Å²) < 4.78 is 5.26. The number of ether oxygens (including phenoxy) is 1. The van der Waals surface area contributed by atoms with E-state index in [-0.39, 0.29) is 11.9 Å². The number of nitrogens with zero attached hydrogens (tertiary/aromatic N) is 1. The Hall–Kier alpha value is -1.30. The van der Waals surface area contributed by atoms with E-state index in [0.717, 1.165) is 31.5 Å². The quantitative estimate of drug-likeness (QED) is 0.892. The van der Waals surface area contributed by atoms with Gasteiger partial charge in [0.15, 0.2) is 0 Å². The van der Waals surface area contributed by atoms with Gasteiger partial charge in [0, 0.05) is 30.2 Å². The molecule has 21 heavy (non-hydrogen) atoms. The first kappa shape index (κ1) is 16.1. The van der Waals surface area contributed by atoms with Crippen LogP contribution in [0.25, 0.3) is 0 Å². The number of likely N-dealkylation sites (tertiary alicyclic amines) is 1. The van der Waals surface area contributed by atoms with Gasteiger partial charge in [-0.3, -0.25) is 9.69 Å². The van der Waals surface area contributed by atoms with Crippen molar-refractivity contribution in [1.82, 2.24) is 4.90 Å². The van der Waals surface area contributed by atoms with Crippen LogP contribution in [0.2, 0.25) is 5.02 Å². The number of benzene rings is 1. The van der Waals surface area contributed by atoms with Crippen molar-refractivity contribution < 1.29 is 9.53 Å². The lowest BCUT2D eigenvalue weighted by molar-refractivity contribution is -0.117. The Morgan fingerprint density at radius 1 is 1.48 bits per heavy atom. The molecule has 0 saturated carbocycles. The van der Waals surface area contributed by atoms with E-state index in [2.05, 4.69) is 10.2 Å². The van der Waals surface area contributed by atoms with Crippen molar-refractivity contribution >= 4 is 23.2 Å². The molecular weight excluding hydrogens is 290 g/mol. The van der Waals surface area contributed by atoms with Crippen molar-refractivity contribution in [2.75, 3.05) is 32.1 Å². The predicted molar refractivity (Wildman–Crippen MR) is 85.0 cm³/mol. The number of aryl methyl sites for hydroxylation is 1. The number of anilines is 1. The van der Waals surface area contributed by atoms with Gasteiger partial charge in [-0.2, -0.15) is 0 Å². The molecule has 0 bridgehead atoms. The molecule has 1 aliphatic rings. The molecule has 3 N–H and O–H groups in total. The monoisotopic (exact) mass is 311 g/mol. The number of piperidine rings is 1. The number of halogens is 1. The molecule has 6 heteroatoms. The van der Waals surface area contributed by atoms with Crippen LogP contribution >= 0.6 is 11.6 Å². The number of amides is 1. The minimum Gasteiger partial charge on any atom is -0.495 e. The van der Waals surface area contributed by atoms with Crippen LogP contribution in [0.1, 0.15) is 18.4 Å². The Balaban J connectivity index is 1.98. The molecule has 0 radical (unpaired) electrons. The standard InChI is InChI=1S/C15H22ClN3O2/c1-10-7-13(14(21-2)8-12(10)16)18-15(20)9-19-5-3-11(17)4-6-19/h7-8,11H,3-6,9,17H2,1-2H3,(H,18,20). The van der Waals surface area contributed by atoms with Gasteiger partial charge in [-0.05, 0) is 31.4 Å². The number of methoxy groups -OCH3 is 1. The summed E-state index contributed by atoms with van der Waals surface area (Å²) in [6.45, 7) is 4.00. The van der Waals surface area contributed by atoms with Gasteiger partial charge in [-0.15, -0.1) is 0 Å². The van der Waals surface area contributed by atoms with Crippen molar-refractivity contribution in [2.45, 2.75) is 25.8 Å². The summed E-state index contributed by atoms with van der Waals surface area (Å²) in [5, 5.41) is 3.51. The maximum Gasteiger partial charge on any atom is 0.238 e. The number of carbonyl (C=O) groups is 1. The second kappa shape index (κ2) is 7.11. The molecule has 1 aromatic carbocycles. The Morgan fingerprint density at radius 2 is 2.14 bits per heavy atom. The van der Waals surface area contributed by atoms with Crippen LogP contribution < -0.4 is 15.8 Å². The third kappa shape index (κ3) is 4.33. The number of hydrogen-bond acceptors (Lipinski definition) is 4. The third-order valence-corrected chi connectivity index (χ3v) is 4.16. The molecule has 1 aromatic rings. The van der Waals surface area contributed by atoms with E-state index in [0.29, 0.717) is 23.0 Å². The van der Waals surface area contributed by atoms with Gasteiger partial charge in [0.05, 0.1) is 19.3 Å². The molecule has 1 fully saturated rings. The summed E-state index contributed by atoms with van der Waals surface area (Å²) in [5.41, 5.74) is 7.41. The molecule has 0 unspecified atom stereocenters. The average molecular weight is 312 g/mol. The first-order chi connectivity index (χ1) is 9.99. The summed E-state index contributed by atoms with van der Waals surface area (Å²) >= 11 is 6.06. The largest absolute Gasteiger partial charge is 0.495 e. The zero-order valence-electron chi connectivity index (χ0n) is 12.5. The lowest BCUT2D eigenvalue weighted by atomic mass is 10.1. The van der Waals surface area contributed by atoms with Crippen molar-refractivity contribution in [3.05, 3.63) is 22.7 Å². The second-order valence-corrected chi connectivity index (χ2v) is 5.87. The molecular formula is C15H22ClN3O2. The topological polar surface area (TPSA) is 67.6 Å². The summed E-state index contributed by atoms with van der Waals surface area (Å²) in [5.74, 6) is 0.519. The Labute approximate surface area is 130 Å². The fourth-order valence-corrected chi connectivity index (χ4v) is 2.59. The highest BCUT2D eigenvalue weighted by molar-refractivity contribution is 6.31. The van der Waals surface area contributed by atoms with E-state index in [1.54, 1.807) is 13.2 Å². The molecule has 5 nitrogen and oxygen atoms in total. The molecule has 0 atom stereocenters. The van der Waals surface area contributed by atoms with E-state index in [1.165, 1.54) is 0 Å². The van der Waals surface area contributed by atoms with Gasteiger partial charge < -0.3 is 15.8 Å². The molecule has 1 saturated heterocycles. The average Bonchev–Trinajstić information content (AvgIpc) is 2.45. The van der Waals surface area contributed by atoms with Gasteiger partial charge in [0.1, 0.15) is 5.75 Å². The number of hydrogen-bond donors (Lipinski definition) is 2. The van der Waals surface area contributed by atoms with Crippen LogP contribution in [0.3, 0.4) is 0 Å². The van der Waals surface area contributed by atoms with Crippen molar-refractivity contribution in [3.8, 4) is 5.75 Å². The first-order valence-corrected chi connectivity index (χ1v) is 7.49. The summed E-state index contributed by atoms with van der Waals surface area (Å²) in [7, 11) is 1.56.